The van der Waals surface area contributed by atoms with E-state index in [0.717, 1.165) is 0 Å². The van der Waals surface area contributed by atoms with Gasteiger partial charge in [0, 0.05) is 18.1 Å². The van der Waals surface area contributed by atoms with Crippen molar-refractivity contribution >= 4 is 35.0 Å². The van der Waals surface area contributed by atoms with Gasteiger partial charge in [-0.1, -0.05) is 30.1 Å². The van der Waals surface area contributed by atoms with E-state index in [0.29, 0.717) is 24.0 Å². The van der Waals surface area contributed by atoms with Crippen molar-refractivity contribution in [3.05, 3.63) is 33.8 Å². The Morgan fingerprint density at radius 3 is 2.55 bits per heavy atom. The Hall–Kier alpha value is -1.30. The predicted octanol–water partition coefficient (Wildman–Crippen LogP) is 1.95. The second kappa shape index (κ2) is 6.86. The number of carbonyl (C=O) groups is 2. The zero-order valence-corrected chi connectivity index (χ0v) is 13.9. The molecule has 1 heterocycles. The molecular formula is C15H18Cl2N2O3. The molecule has 1 saturated heterocycles. The molecule has 0 spiro atoms. The maximum Gasteiger partial charge on any atom is 0.253 e. The van der Waals surface area contributed by atoms with Crippen LogP contribution in [0, 0.1) is 5.92 Å². The first kappa shape index (κ1) is 17.1. The van der Waals surface area contributed by atoms with E-state index in [4.69, 9.17) is 23.2 Å². The first-order valence-electron chi connectivity index (χ1n) is 7.02. The SMILES string of the molecule is CC1CN(C(=O)C(NC(=O)c2cc(Cl)ccc2Cl)C(C)O)C1. The number of nitrogens with zero attached hydrogens (tertiary/aromatic N) is 1. The fourth-order valence-electron chi connectivity index (χ4n) is 2.35. The number of halogens is 2. The average molecular weight is 345 g/mol. The van der Waals surface area contributed by atoms with Crippen LogP contribution in [-0.2, 0) is 4.79 Å². The molecule has 1 aliphatic rings. The number of benzene rings is 1. The minimum Gasteiger partial charge on any atom is -0.391 e. The molecule has 2 rings (SSSR count). The molecular weight excluding hydrogens is 327 g/mol. The molecule has 0 bridgehead atoms. The van der Waals surface area contributed by atoms with E-state index in [1.807, 2.05) is 6.92 Å². The van der Waals surface area contributed by atoms with Crippen LogP contribution in [0.3, 0.4) is 0 Å². The largest absolute Gasteiger partial charge is 0.391 e. The standard InChI is InChI=1S/C15H18Cl2N2O3/c1-8-6-19(7-8)15(22)13(9(2)20)18-14(21)11-5-10(16)3-4-12(11)17/h3-5,8-9,13,20H,6-7H2,1-2H3,(H,18,21). The molecule has 1 aromatic rings. The van der Waals surface area contributed by atoms with E-state index in [2.05, 4.69) is 5.32 Å². The monoisotopic (exact) mass is 344 g/mol. The van der Waals surface area contributed by atoms with Gasteiger partial charge in [0.25, 0.3) is 5.91 Å². The van der Waals surface area contributed by atoms with Crippen LogP contribution in [0.15, 0.2) is 18.2 Å². The molecule has 7 heteroatoms. The third-order valence-electron chi connectivity index (χ3n) is 3.58. The van der Waals surface area contributed by atoms with Crippen LogP contribution in [0.25, 0.3) is 0 Å². The second-order valence-corrected chi connectivity index (χ2v) is 6.51. The molecule has 1 aromatic carbocycles. The molecule has 2 atom stereocenters. The molecule has 5 nitrogen and oxygen atoms in total. The highest BCUT2D eigenvalue weighted by atomic mass is 35.5. The summed E-state index contributed by atoms with van der Waals surface area (Å²) in [6.07, 6.45) is -1.01. The summed E-state index contributed by atoms with van der Waals surface area (Å²) in [5.41, 5.74) is 0.171. The lowest BCUT2D eigenvalue weighted by Crippen LogP contribution is -2.59. The van der Waals surface area contributed by atoms with Gasteiger partial charge in [0.05, 0.1) is 16.7 Å². The molecule has 1 fully saturated rings. The molecule has 2 amide bonds. The van der Waals surface area contributed by atoms with E-state index < -0.39 is 18.1 Å². The number of amides is 2. The summed E-state index contributed by atoms with van der Waals surface area (Å²) in [4.78, 5) is 26.2. The minimum absolute atomic E-state index is 0.171. The Morgan fingerprint density at radius 2 is 2.00 bits per heavy atom. The van der Waals surface area contributed by atoms with E-state index in [1.165, 1.54) is 19.1 Å². The van der Waals surface area contributed by atoms with E-state index in [9.17, 15) is 14.7 Å². The molecule has 1 aliphatic heterocycles. The second-order valence-electron chi connectivity index (χ2n) is 5.66. The lowest BCUT2D eigenvalue weighted by molar-refractivity contribution is -0.141. The van der Waals surface area contributed by atoms with Crippen molar-refractivity contribution in [3.63, 3.8) is 0 Å². The Balaban J connectivity index is 2.12. The van der Waals surface area contributed by atoms with Gasteiger partial charge in [-0.3, -0.25) is 9.59 Å². The highest BCUT2D eigenvalue weighted by Gasteiger charge is 2.35. The highest BCUT2D eigenvalue weighted by Crippen LogP contribution is 2.21. The summed E-state index contributed by atoms with van der Waals surface area (Å²) in [7, 11) is 0. The number of aliphatic hydroxyl groups excluding tert-OH is 1. The van der Waals surface area contributed by atoms with Gasteiger partial charge in [0.1, 0.15) is 6.04 Å². The van der Waals surface area contributed by atoms with Gasteiger partial charge in [-0.25, -0.2) is 0 Å². The summed E-state index contributed by atoms with van der Waals surface area (Å²) >= 11 is 11.8. The van der Waals surface area contributed by atoms with E-state index in [1.54, 1.807) is 11.0 Å². The normalized spacial score (nSPS) is 17.6. The van der Waals surface area contributed by atoms with Gasteiger partial charge in [-0.2, -0.15) is 0 Å². The van der Waals surface area contributed by atoms with Crippen LogP contribution in [0.1, 0.15) is 24.2 Å². The summed E-state index contributed by atoms with van der Waals surface area (Å²) in [5, 5.41) is 13.0. The van der Waals surface area contributed by atoms with Crippen molar-refractivity contribution in [3.8, 4) is 0 Å². The number of carbonyl (C=O) groups excluding carboxylic acids is 2. The molecule has 22 heavy (non-hydrogen) atoms. The van der Waals surface area contributed by atoms with Crippen LogP contribution in [0.4, 0.5) is 0 Å². The van der Waals surface area contributed by atoms with Gasteiger partial charge in [-0.15, -0.1) is 0 Å². The van der Waals surface area contributed by atoms with Crippen LogP contribution < -0.4 is 5.32 Å². The molecule has 0 aliphatic carbocycles. The van der Waals surface area contributed by atoms with Crippen molar-refractivity contribution in [1.82, 2.24) is 10.2 Å². The lowest BCUT2D eigenvalue weighted by atomic mass is 10.00. The first-order valence-corrected chi connectivity index (χ1v) is 7.78. The van der Waals surface area contributed by atoms with Crippen LogP contribution in [-0.4, -0.2) is 47.1 Å². The summed E-state index contributed by atoms with van der Waals surface area (Å²) in [6.45, 7) is 4.77. The van der Waals surface area contributed by atoms with E-state index >= 15 is 0 Å². The van der Waals surface area contributed by atoms with Gasteiger partial charge in [-0.05, 0) is 31.0 Å². The summed E-state index contributed by atoms with van der Waals surface area (Å²) < 4.78 is 0. The number of rotatable bonds is 4. The number of likely N-dealkylation sites (tertiary alicyclic amines) is 1. The maximum absolute atomic E-state index is 12.3. The Bertz CT molecular complexity index is 586. The number of aliphatic hydroxyl groups is 1. The zero-order valence-electron chi connectivity index (χ0n) is 12.3. The van der Waals surface area contributed by atoms with Crippen molar-refractivity contribution in [2.45, 2.75) is 26.0 Å². The topological polar surface area (TPSA) is 69.6 Å². The number of hydrogen-bond donors (Lipinski definition) is 2. The van der Waals surface area contributed by atoms with Crippen molar-refractivity contribution in [1.29, 1.82) is 0 Å². The molecule has 2 unspecified atom stereocenters. The zero-order chi connectivity index (χ0) is 16.4. The maximum atomic E-state index is 12.3. The summed E-state index contributed by atoms with van der Waals surface area (Å²) in [6, 6.07) is 3.50. The Labute approximate surface area is 139 Å². The van der Waals surface area contributed by atoms with E-state index in [-0.39, 0.29) is 16.5 Å². The van der Waals surface area contributed by atoms with Gasteiger partial charge in [0.15, 0.2) is 0 Å². The van der Waals surface area contributed by atoms with Crippen LogP contribution in [0.2, 0.25) is 10.0 Å². The average Bonchev–Trinajstić information content (AvgIpc) is 2.42. The smallest absolute Gasteiger partial charge is 0.253 e. The molecule has 120 valence electrons. The van der Waals surface area contributed by atoms with Gasteiger partial charge >= 0.3 is 0 Å². The number of nitrogens with one attached hydrogen (secondary N) is 1. The van der Waals surface area contributed by atoms with Gasteiger partial charge < -0.3 is 15.3 Å². The Morgan fingerprint density at radius 1 is 1.36 bits per heavy atom. The van der Waals surface area contributed by atoms with Crippen molar-refractivity contribution < 1.29 is 14.7 Å². The van der Waals surface area contributed by atoms with Crippen molar-refractivity contribution in [2.24, 2.45) is 5.92 Å². The highest BCUT2D eigenvalue weighted by molar-refractivity contribution is 6.35. The third-order valence-corrected chi connectivity index (χ3v) is 4.15. The fraction of sp³-hybridized carbons (Fsp3) is 0.467. The lowest BCUT2D eigenvalue weighted by Gasteiger charge is -2.39. The quantitative estimate of drug-likeness (QED) is 0.876. The molecule has 2 N–H and O–H groups in total. The fourth-order valence-corrected chi connectivity index (χ4v) is 2.73. The summed E-state index contributed by atoms with van der Waals surface area (Å²) in [5.74, 6) is -0.392. The van der Waals surface area contributed by atoms with Crippen molar-refractivity contribution in [2.75, 3.05) is 13.1 Å². The van der Waals surface area contributed by atoms with Gasteiger partial charge in [0.2, 0.25) is 5.91 Å². The third kappa shape index (κ3) is 3.72. The molecule has 0 aromatic heterocycles. The number of hydrogen-bond acceptors (Lipinski definition) is 3. The van der Waals surface area contributed by atoms with Crippen LogP contribution >= 0.6 is 23.2 Å². The minimum atomic E-state index is -1.01. The predicted molar refractivity (Wildman–Crippen MR) is 85.1 cm³/mol. The van der Waals surface area contributed by atoms with Crippen LogP contribution in [0.5, 0.6) is 0 Å². The Kier molecular flexibility index (Phi) is 5.32. The first-order chi connectivity index (χ1) is 10.3. The molecule has 0 saturated carbocycles. The molecule has 0 radical (unpaired) electrons.